The van der Waals surface area contributed by atoms with E-state index in [1.54, 1.807) is 36.4 Å². The molecular formula is C16H18N2O2S. The van der Waals surface area contributed by atoms with Crippen LogP contribution in [0.2, 0.25) is 0 Å². The lowest BCUT2D eigenvalue weighted by Crippen LogP contribution is -2.15. The molecule has 0 unspecified atom stereocenters. The molecule has 110 valence electrons. The van der Waals surface area contributed by atoms with Crippen LogP contribution in [-0.4, -0.2) is 8.42 Å². The topological polar surface area (TPSA) is 72.2 Å². The van der Waals surface area contributed by atoms with Gasteiger partial charge in [0.15, 0.2) is 0 Å². The van der Waals surface area contributed by atoms with Gasteiger partial charge in [0, 0.05) is 0 Å². The molecule has 0 amide bonds. The summed E-state index contributed by atoms with van der Waals surface area (Å²) < 4.78 is 27.5. The van der Waals surface area contributed by atoms with E-state index in [1.807, 2.05) is 6.07 Å². The zero-order chi connectivity index (χ0) is 14.9. The Labute approximate surface area is 125 Å². The molecule has 0 atom stereocenters. The van der Waals surface area contributed by atoms with Crippen LogP contribution in [-0.2, 0) is 22.9 Å². The van der Waals surface area contributed by atoms with Gasteiger partial charge in [0.25, 0.3) is 10.0 Å². The molecule has 0 aromatic heterocycles. The largest absolute Gasteiger partial charge is 0.397 e. The number of nitrogens with one attached hydrogen (secondary N) is 1. The van der Waals surface area contributed by atoms with Crippen molar-refractivity contribution in [3.63, 3.8) is 0 Å². The van der Waals surface area contributed by atoms with Gasteiger partial charge in [0.05, 0.1) is 16.3 Å². The Morgan fingerprint density at radius 3 is 2.43 bits per heavy atom. The maximum atomic E-state index is 12.5. The van der Waals surface area contributed by atoms with E-state index in [1.165, 1.54) is 12.0 Å². The maximum Gasteiger partial charge on any atom is 0.261 e. The molecule has 2 aromatic rings. The summed E-state index contributed by atoms with van der Waals surface area (Å²) in [4.78, 5) is 0.298. The van der Waals surface area contributed by atoms with Crippen molar-refractivity contribution < 1.29 is 8.42 Å². The number of anilines is 2. The lowest BCUT2D eigenvalue weighted by atomic mass is 9.92. The van der Waals surface area contributed by atoms with E-state index in [-0.39, 0.29) is 0 Å². The van der Waals surface area contributed by atoms with Gasteiger partial charge in [0.1, 0.15) is 0 Å². The zero-order valence-electron chi connectivity index (χ0n) is 11.7. The zero-order valence-corrected chi connectivity index (χ0v) is 12.5. The first-order valence-electron chi connectivity index (χ1n) is 7.05. The minimum Gasteiger partial charge on any atom is -0.397 e. The number of nitrogens with two attached hydrogens (primary N) is 1. The fourth-order valence-corrected chi connectivity index (χ4v) is 3.81. The molecule has 5 heteroatoms. The summed E-state index contributed by atoms with van der Waals surface area (Å²) in [7, 11) is -3.60. The van der Waals surface area contributed by atoms with Crippen LogP contribution in [0.15, 0.2) is 47.4 Å². The summed E-state index contributed by atoms with van der Waals surface area (Å²) in [6.45, 7) is 0. The van der Waals surface area contributed by atoms with Crippen molar-refractivity contribution in [2.24, 2.45) is 0 Å². The minimum absolute atomic E-state index is 0.298. The smallest absolute Gasteiger partial charge is 0.261 e. The van der Waals surface area contributed by atoms with Gasteiger partial charge in [-0.2, -0.15) is 0 Å². The fraction of sp³-hybridized carbons (Fsp3) is 0.250. The second-order valence-corrected chi connectivity index (χ2v) is 7.01. The second-order valence-electron chi connectivity index (χ2n) is 5.33. The van der Waals surface area contributed by atoms with E-state index in [0.717, 1.165) is 24.8 Å². The summed E-state index contributed by atoms with van der Waals surface area (Å²) in [5.74, 6) is 0. The highest BCUT2D eigenvalue weighted by Gasteiger charge is 2.18. The molecule has 0 saturated heterocycles. The van der Waals surface area contributed by atoms with Gasteiger partial charge in [-0.05, 0) is 61.1 Å². The summed E-state index contributed by atoms with van der Waals surface area (Å²) in [5.41, 5.74) is 9.02. The summed E-state index contributed by atoms with van der Waals surface area (Å²) in [6, 6.07) is 12.2. The Balaban J connectivity index is 1.93. The first-order chi connectivity index (χ1) is 10.1. The minimum atomic E-state index is -3.60. The standard InChI is InChI=1S/C16H18N2O2S/c17-15-7-3-4-8-16(15)18-21(19,20)14-10-9-12-5-1-2-6-13(12)11-14/h3-4,7-11,18H,1-2,5-6,17H2. The van der Waals surface area contributed by atoms with Crippen molar-refractivity contribution in [2.45, 2.75) is 30.6 Å². The quantitative estimate of drug-likeness (QED) is 0.856. The van der Waals surface area contributed by atoms with E-state index >= 15 is 0 Å². The molecule has 0 heterocycles. The van der Waals surface area contributed by atoms with Crippen LogP contribution in [0.1, 0.15) is 24.0 Å². The number of fused-ring (bicyclic) bond motifs is 1. The monoisotopic (exact) mass is 302 g/mol. The number of aryl methyl sites for hydroxylation is 2. The van der Waals surface area contributed by atoms with Gasteiger partial charge in [-0.25, -0.2) is 8.42 Å². The van der Waals surface area contributed by atoms with E-state index in [9.17, 15) is 8.42 Å². The van der Waals surface area contributed by atoms with E-state index in [0.29, 0.717) is 16.3 Å². The predicted octanol–water partition coefficient (Wildman–Crippen LogP) is 2.95. The summed E-state index contributed by atoms with van der Waals surface area (Å²) >= 11 is 0. The van der Waals surface area contributed by atoms with Crippen LogP contribution in [0.5, 0.6) is 0 Å². The molecule has 1 aliphatic rings. The maximum absolute atomic E-state index is 12.5. The van der Waals surface area contributed by atoms with Crippen molar-refractivity contribution in [1.82, 2.24) is 0 Å². The molecule has 3 N–H and O–H groups in total. The van der Waals surface area contributed by atoms with Crippen LogP contribution >= 0.6 is 0 Å². The normalized spacial score (nSPS) is 14.5. The number of nitrogen functional groups attached to an aromatic ring is 1. The van der Waals surface area contributed by atoms with Crippen LogP contribution in [0.4, 0.5) is 11.4 Å². The molecule has 0 fully saturated rings. The number of benzene rings is 2. The van der Waals surface area contributed by atoms with E-state index in [2.05, 4.69) is 4.72 Å². The third kappa shape index (κ3) is 2.88. The molecular weight excluding hydrogens is 284 g/mol. The third-order valence-electron chi connectivity index (χ3n) is 3.84. The number of hydrogen-bond donors (Lipinski definition) is 2. The lowest BCUT2D eigenvalue weighted by molar-refractivity contribution is 0.600. The Morgan fingerprint density at radius 2 is 1.67 bits per heavy atom. The Kier molecular flexibility index (Phi) is 3.59. The van der Waals surface area contributed by atoms with Gasteiger partial charge < -0.3 is 5.73 Å². The van der Waals surface area contributed by atoms with Crippen LogP contribution < -0.4 is 10.5 Å². The highest BCUT2D eigenvalue weighted by Crippen LogP contribution is 2.26. The fourth-order valence-electron chi connectivity index (χ4n) is 2.67. The summed E-state index contributed by atoms with van der Waals surface area (Å²) in [5, 5.41) is 0. The van der Waals surface area contributed by atoms with Crippen molar-refractivity contribution in [2.75, 3.05) is 10.5 Å². The number of sulfonamides is 1. The SMILES string of the molecule is Nc1ccccc1NS(=O)(=O)c1ccc2c(c1)CCCC2. The number of rotatable bonds is 3. The van der Waals surface area contributed by atoms with Crippen molar-refractivity contribution in [3.8, 4) is 0 Å². The molecule has 0 bridgehead atoms. The van der Waals surface area contributed by atoms with Crippen molar-refractivity contribution in [3.05, 3.63) is 53.6 Å². The Hall–Kier alpha value is -2.01. The molecule has 0 saturated carbocycles. The second kappa shape index (κ2) is 5.41. The average Bonchev–Trinajstić information content (AvgIpc) is 2.49. The van der Waals surface area contributed by atoms with Gasteiger partial charge in [0.2, 0.25) is 0 Å². The van der Waals surface area contributed by atoms with Gasteiger partial charge >= 0.3 is 0 Å². The predicted molar refractivity (Wildman–Crippen MR) is 84.7 cm³/mol. The highest BCUT2D eigenvalue weighted by atomic mass is 32.2. The molecule has 0 radical (unpaired) electrons. The first-order valence-corrected chi connectivity index (χ1v) is 8.54. The molecule has 0 aliphatic heterocycles. The van der Waals surface area contributed by atoms with Crippen LogP contribution in [0, 0.1) is 0 Å². The van der Waals surface area contributed by atoms with E-state index < -0.39 is 10.0 Å². The van der Waals surface area contributed by atoms with Crippen LogP contribution in [0.25, 0.3) is 0 Å². The molecule has 1 aliphatic carbocycles. The number of para-hydroxylation sites is 2. The highest BCUT2D eigenvalue weighted by molar-refractivity contribution is 7.92. The van der Waals surface area contributed by atoms with Gasteiger partial charge in [-0.15, -0.1) is 0 Å². The molecule has 4 nitrogen and oxygen atoms in total. The molecule has 3 rings (SSSR count). The van der Waals surface area contributed by atoms with E-state index in [4.69, 9.17) is 5.73 Å². The lowest BCUT2D eigenvalue weighted by Gasteiger charge is -2.17. The van der Waals surface area contributed by atoms with Gasteiger partial charge in [-0.1, -0.05) is 18.2 Å². The third-order valence-corrected chi connectivity index (χ3v) is 5.20. The molecule has 0 spiro atoms. The Morgan fingerprint density at radius 1 is 0.952 bits per heavy atom. The van der Waals surface area contributed by atoms with Crippen molar-refractivity contribution >= 4 is 21.4 Å². The van der Waals surface area contributed by atoms with Gasteiger partial charge in [-0.3, -0.25) is 4.72 Å². The Bertz CT molecular complexity index is 770. The molecule has 2 aromatic carbocycles. The van der Waals surface area contributed by atoms with Crippen LogP contribution in [0.3, 0.4) is 0 Å². The number of hydrogen-bond acceptors (Lipinski definition) is 3. The first kappa shape index (κ1) is 13.9. The summed E-state index contributed by atoms with van der Waals surface area (Å²) in [6.07, 6.45) is 4.29. The van der Waals surface area contributed by atoms with Crippen molar-refractivity contribution in [1.29, 1.82) is 0 Å². The molecule has 21 heavy (non-hydrogen) atoms. The average molecular weight is 302 g/mol.